The number of aliphatic hydroxyl groups excluding tert-OH is 1. The molecule has 1 aliphatic carbocycles. The molecule has 0 radical (unpaired) electrons. The maximum Gasteiger partial charge on any atom is 0.249 e. The number of nitrogen functional groups attached to an aromatic ring is 1. The first-order valence-corrected chi connectivity index (χ1v) is 11.9. The number of halogens is 2. The van der Waals surface area contributed by atoms with Crippen molar-refractivity contribution in [1.82, 2.24) is 29.7 Å². The van der Waals surface area contributed by atoms with Gasteiger partial charge in [0.2, 0.25) is 17.8 Å². The largest absolute Gasteiger partial charge is 0.394 e. The van der Waals surface area contributed by atoms with E-state index in [9.17, 15) is 13.9 Å². The lowest BCUT2D eigenvalue weighted by atomic mass is 9.61. The number of aliphatic hydroxyl groups is 1. The molecule has 0 bridgehead atoms. The first-order chi connectivity index (χ1) is 17.8. The van der Waals surface area contributed by atoms with Crippen LogP contribution in [0.1, 0.15) is 12.8 Å². The van der Waals surface area contributed by atoms with Crippen LogP contribution in [0, 0.1) is 5.41 Å². The predicted molar refractivity (Wildman–Crippen MR) is 134 cm³/mol. The van der Waals surface area contributed by atoms with E-state index in [1.807, 2.05) is 41.3 Å². The highest BCUT2D eigenvalue weighted by molar-refractivity contribution is 5.66. The minimum absolute atomic E-state index is 0.0332. The highest BCUT2D eigenvalue weighted by Gasteiger charge is 2.61. The van der Waals surface area contributed by atoms with Gasteiger partial charge in [0.05, 0.1) is 18.8 Å². The summed E-state index contributed by atoms with van der Waals surface area (Å²) in [5.41, 5.74) is 8.53. The Kier molecular flexibility index (Phi) is 5.48. The second-order valence-electron chi connectivity index (χ2n) is 9.68. The fourth-order valence-corrected chi connectivity index (χ4v) is 5.10. The SMILES string of the molecule is Nc1nccc(-c2ccc(Nc3nc(-c4ccc(N5CC6(C5)CC(F)(F)C6)nc4)nn3CCO)cc2)n1. The van der Waals surface area contributed by atoms with Crippen LogP contribution < -0.4 is 16.0 Å². The fraction of sp³-hybridized carbons (Fsp3) is 0.320. The molecule has 0 amide bonds. The van der Waals surface area contributed by atoms with Gasteiger partial charge in [-0.05, 0) is 30.3 Å². The third-order valence-corrected chi connectivity index (χ3v) is 6.74. The van der Waals surface area contributed by atoms with Crippen molar-refractivity contribution in [3.63, 3.8) is 0 Å². The van der Waals surface area contributed by atoms with E-state index < -0.39 is 5.92 Å². The van der Waals surface area contributed by atoms with Gasteiger partial charge in [0.1, 0.15) is 5.82 Å². The summed E-state index contributed by atoms with van der Waals surface area (Å²) in [6, 6.07) is 13.1. The molecule has 4 aromatic rings. The normalized spacial score (nSPS) is 17.3. The van der Waals surface area contributed by atoms with Crippen LogP contribution in [0.3, 0.4) is 0 Å². The van der Waals surface area contributed by atoms with Crippen LogP contribution in [0.15, 0.2) is 54.9 Å². The van der Waals surface area contributed by atoms with Gasteiger partial charge in [0.25, 0.3) is 0 Å². The van der Waals surface area contributed by atoms with E-state index in [1.54, 1.807) is 23.1 Å². The highest BCUT2D eigenvalue weighted by Crippen LogP contribution is 2.57. The van der Waals surface area contributed by atoms with Crippen LogP contribution in [0.25, 0.3) is 22.6 Å². The van der Waals surface area contributed by atoms with E-state index in [0.29, 0.717) is 30.4 Å². The van der Waals surface area contributed by atoms with Crippen molar-refractivity contribution in [1.29, 1.82) is 0 Å². The smallest absolute Gasteiger partial charge is 0.249 e. The summed E-state index contributed by atoms with van der Waals surface area (Å²) in [4.78, 5) is 19.3. The quantitative estimate of drug-likeness (QED) is 0.346. The van der Waals surface area contributed by atoms with Gasteiger partial charge in [0.15, 0.2) is 5.82 Å². The zero-order valence-electron chi connectivity index (χ0n) is 19.8. The summed E-state index contributed by atoms with van der Waals surface area (Å²) in [7, 11) is 0. The Bertz CT molecular complexity index is 1410. The van der Waals surface area contributed by atoms with Gasteiger partial charge < -0.3 is 21.1 Å². The molecule has 4 heterocycles. The molecule has 12 heteroatoms. The number of nitrogens with zero attached hydrogens (tertiary/aromatic N) is 7. The molecule has 1 saturated heterocycles. The standard InChI is InChI=1S/C25H25F2N9O/c26-25(27)12-24(13-25)14-35(15-24)20-6-3-17(11-30-20)21-33-23(36(34-21)9-10-37)31-18-4-1-16(2-5-18)19-7-8-29-22(28)32-19/h1-8,11,37H,9-10,12-15H2,(H2,28,29,32)(H,31,33,34). The Morgan fingerprint density at radius 1 is 0.973 bits per heavy atom. The zero-order valence-corrected chi connectivity index (χ0v) is 19.8. The van der Waals surface area contributed by atoms with Crippen molar-refractivity contribution in [3.05, 3.63) is 54.9 Å². The minimum Gasteiger partial charge on any atom is -0.394 e. The lowest BCUT2D eigenvalue weighted by molar-refractivity contribution is -0.170. The van der Waals surface area contributed by atoms with E-state index in [-0.39, 0.29) is 37.4 Å². The lowest BCUT2D eigenvalue weighted by Crippen LogP contribution is -2.66. The molecule has 2 aliphatic rings. The number of pyridine rings is 1. The molecule has 37 heavy (non-hydrogen) atoms. The van der Waals surface area contributed by atoms with Crippen LogP contribution in [-0.4, -0.2) is 60.4 Å². The Morgan fingerprint density at radius 3 is 2.38 bits per heavy atom. The second-order valence-corrected chi connectivity index (χ2v) is 9.68. The van der Waals surface area contributed by atoms with Crippen LogP contribution in [0.4, 0.5) is 32.2 Å². The first kappa shape index (κ1) is 23.2. The number of hydrogen-bond acceptors (Lipinski definition) is 9. The second kappa shape index (κ2) is 8.73. The average molecular weight is 506 g/mol. The van der Waals surface area contributed by atoms with Gasteiger partial charge in [-0.1, -0.05) is 12.1 Å². The maximum absolute atomic E-state index is 13.3. The molecule has 1 saturated carbocycles. The number of alkyl halides is 2. The van der Waals surface area contributed by atoms with E-state index in [2.05, 4.69) is 30.4 Å². The van der Waals surface area contributed by atoms with Crippen molar-refractivity contribution >= 4 is 23.4 Å². The predicted octanol–water partition coefficient (Wildman–Crippen LogP) is 3.35. The van der Waals surface area contributed by atoms with Crippen molar-refractivity contribution < 1.29 is 13.9 Å². The summed E-state index contributed by atoms with van der Waals surface area (Å²) >= 11 is 0. The number of anilines is 4. The van der Waals surface area contributed by atoms with Crippen molar-refractivity contribution in [2.75, 3.05) is 35.6 Å². The third-order valence-electron chi connectivity index (χ3n) is 6.74. The Balaban J connectivity index is 1.16. The molecule has 0 unspecified atom stereocenters. The zero-order chi connectivity index (χ0) is 25.6. The number of benzene rings is 1. The molecular formula is C25H25F2N9O. The molecule has 4 N–H and O–H groups in total. The van der Waals surface area contributed by atoms with Crippen LogP contribution in [0.2, 0.25) is 0 Å². The molecule has 6 rings (SSSR count). The summed E-state index contributed by atoms with van der Waals surface area (Å²) in [6.45, 7) is 1.38. The summed E-state index contributed by atoms with van der Waals surface area (Å²) in [5, 5.41) is 17.3. The first-order valence-electron chi connectivity index (χ1n) is 11.9. The Labute approximate surface area is 211 Å². The van der Waals surface area contributed by atoms with E-state index in [4.69, 9.17) is 5.73 Å². The molecule has 1 spiro atoms. The molecule has 2 fully saturated rings. The number of rotatable bonds is 7. The van der Waals surface area contributed by atoms with Gasteiger partial charge in [0, 0.05) is 60.6 Å². The highest BCUT2D eigenvalue weighted by atomic mass is 19.3. The van der Waals surface area contributed by atoms with Gasteiger partial charge >= 0.3 is 0 Å². The van der Waals surface area contributed by atoms with E-state index in [0.717, 1.165) is 22.8 Å². The third kappa shape index (κ3) is 4.55. The summed E-state index contributed by atoms with van der Waals surface area (Å²) < 4.78 is 28.1. The van der Waals surface area contributed by atoms with Gasteiger partial charge in [-0.15, -0.1) is 5.10 Å². The molecule has 0 atom stereocenters. The average Bonchev–Trinajstić information content (AvgIpc) is 3.24. The van der Waals surface area contributed by atoms with Crippen LogP contribution in [-0.2, 0) is 6.54 Å². The van der Waals surface area contributed by atoms with Crippen LogP contribution >= 0.6 is 0 Å². The topological polar surface area (TPSA) is 131 Å². The van der Waals surface area contributed by atoms with E-state index in [1.165, 1.54) is 0 Å². The van der Waals surface area contributed by atoms with Gasteiger partial charge in [-0.2, -0.15) is 4.98 Å². The molecule has 1 aliphatic heterocycles. The maximum atomic E-state index is 13.3. The van der Waals surface area contributed by atoms with Gasteiger partial charge in [-0.3, -0.25) is 0 Å². The summed E-state index contributed by atoms with van der Waals surface area (Å²) in [5.74, 6) is -0.613. The van der Waals surface area contributed by atoms with Crippen LogP contribution in [0.5, 0.6) is 0 Å². The molecule has 190 valence electrons. The lowest BCUT2D eigenvalue weighted by Gasteiger charge is -2.59. The van der Waals surface area contributed by atoms with Crippen molar-refractivity contribution in [2.24, 2.45) is 5.41 Å². The van der Waals surface area contributed by atoms with Crippen molar-refractivity contribution in [2.45, 2.75) is 25.3 Å². The Morgan fingerprint density at radius 2 is 1.73 bits per heavy atom. The van der Waals surface area contributed by atoms with Gasteiger partial charge in [-0.25, -0.2) is 28.4 Å². The number of hydrogen-bond donors (Lipinski definition) is 3. The molecule has 3 aromatic heterocycles. The fourth-order valence-electron chi connectivity index (χ4n) is 5.10. The molecular weight excluding hydrogens is 480 g/mol. The molecule has 1 aromatic carbocycles. The van der Waals surface area contributed by atoms with Crippen molar-refractivity contribution in [3.8, 4) is 22.6 Å². The minimum atomic E-state index is -2.51. The van der Waals surface area contributed by atoms with E-state index >= 15 is 0 Å². The summed E-state index contributed by atoms with van der Waals surface area (Å²) in [6.07, 6.45) is 3.23. The number of aromatic nitrogens is 6. The molecule has 10 nitrogen and oxygen atoms in total. The number of nitrogens with two attached hydrogens (primary N) is 1. The number of nitrogens with one attached hydrogen (secondary N) is 1. The monoisotopic (exact) mass is 505 g/mol. The Hall–Kier alpha value is -4.19.